The quantitative estimate of drug-likeness (QED) is 0.819. The third-order valence-corrected chi connectivity index (χ3v) is 3.70. The van der Waals surface area contributed by atoms with Gasteiger partial charge in [-0.25, -0.2) is 0 Å². The van der Waals surface area contributed by atoms with Crippen molar-refractivity contribution < 1.29 is 9.47 Å². The molecule has 1 aromatic carbocycles. The Morgan fingerprint density at radius 2 is 2.39 bits per heavy atom. The number of benzene rings is 1. The van der Waals surface area contributed by atoms with Crippen molar-refractivity contribution >= 4 is 15.9 Å². The number of ether oxygens (including phenoxy) is 2. The van der Waals surface area contributed by atoms with Gasteiger partial charge in [0.25, 0.3) is 0 Å². The predicted octanol–water partition coefficient (Wildman–Crippen LogP) is 2.76. The van der Waals surface area contributed by atoms with Gasteiger partial charge in [-0.05, 0) is 52.9 Å². The number of hydrogen-bond acceptors (Lipinski definition) is 3. The van der Waals surface area contributed by atoms with E-state index in [1.807, 2.05) is 6.07 Å². The van der Waals surface area contributed by atoms with Crippen LogP contribution < -0.4 is 10.1 Å². The van der Waals surface area contributed by atoms with Crippen molar-refractivity contribution in [3.05, 3.63) is 28.2 Å². The van der Waals surface area contributed by atoms with Gasteiger partial charge in [0, 0.05) is 19.7 Å². The van der Waals surface area contributed by atoms with Gasteiger partial charge in [0.1, 0.15) is 12.4 Å². The van der Waals surface area contributed by atoms with Crippen molar-refractivity contribution in [1.82, 2.24) is 5.32 Å². The maximum Gasteiger partial charge on any atom is 0.133 e. The lowest BCUT2D eigenvalue weighted by molar-refractivity contribution is 0.185. The van der Waals surface area contributed by atoms with Crippen LogP contribution in [-0.2, 0) is 4.74 Å². The molecule has 0 bridgehead atoms. The Kier molecular flexibility index (Phi) is 5.47. The van der Waals surface area contributed by atoms with Gasteiger partial charge in [-0.3, -0.25) is 0 Å². The molecule has 0 spiro atoms. The summed E-state index contributed by atoms with van der Waals surface area (Å²) in [6.07, 6.45) is 1.18. The van der Waals surface area contributed by atoms with E-state index in [1.54, 1.807) is 0 Å². The molecule has 1 heterocycles. The van der Waals surface area contributed by atoms with E-state index in [2.05, 4.69) is 40.3 Å². The topological polar surface area (TPSA) is 30.5 Å². The highest BCUT2D eigenvalue weighted by Gasteiger charge is 2.14. The molecule has 18 heavy (non-hydrogen) atoms. The van der Waals surface area contributed by atoms with Crippen LogP contribution in [-0.4, -0.2) is 32.9 Å². The molecule has 1 saturated heterocycles. The van der Waals surface area contributed by atoms with Gasteiger partial charge in [-0.1, -0.05) is 6.07 Å². The first kappa shape index (κ1) is 13.8. The fourth-order valence-corrected chi connectivity index (χ4v) is 2.61. The van der Waals surface area contributed by atoms with E-state index < -0.39 is 0 Å². The van der Waals surface area contributed by atoms with E-state index in [4.69, 9.17) is 9.47 Å². The maximum atomic E-state index is 5.72. The van der Waals surface area contributed by atoms with Crippen LogP contribution in [0.15, 0.2) is 22.7 Å². The highest BCUT2D eigenvalue weighted by molar-refractivity contribution is 9.10. The van der Waals surface area contributed by atoms with Crippen LogP contribution in [0.3, 0.4) is 0 Å². The lowest BCUT2D eigenvalue weighted by Gasteiger charge is -2.11. The first-order chi connectivity index (χ1) is 8.75. The Morgan fingerprint density at radius 3 is 3.11 bits per heavy atom. The van der Waals surface area contributed by atoms with Gasteiger partial charge in [-0.2, -0.15) is 0 Å². The van der Waals surface area contributed by atoms with E-state index in [-0.39, 0.29) is 0 Å². The zero-order valence-corrected chi connectivity index (χ0v) is 12.3. The first-order valence-electron chi connectivity index (χ1n) is 6.43. The Labute approximate surface area is 117 Å². The van der Waals surface area contributed by atoms with Gasteiger partial charge in [0.15, 0.2) is 0 Å². The minimum atomic E-state index is 0.677. The number of halogens is 1. The molecule has 0 amide bonds. The number of aryl methyl sites for hydroxylation is 1. The highest BCUT2D eigenvalue weighted by Crippen LogP contribution is 2.25. The fourth-order valence-electron chi connectivity index (χ4n) is 2.01. The second-order valence-electron chi connectivity index (χ2n) is 4.72. The summed E-state index contributed by atoms with van der Waals surface area (Å²) in [5, 5.41) is 3.41. The monoisotopic (exact) mass is 313 g/mol. The van der Waals surface area contributed by atoms with Crippen molar-refractivity contribution in [2.45, 2.75) is 13.3 Å². The normalized spacial score (nSPS) is 19.1. The smallest absolute Gasteiger partial charge is 0.133 e. The van der Waals surface area contributed by atoms with E-state index in [0.717, 1.165) is 36.5 Å². The van der Waals surface area contributed by atoms with Crippen molar-refractivity contribution in [3.8, 4) is 5.75 Å². The zero-order valence-electron chi connectivity index (χ0n) is 10.7. The molecule has 1 aliphatic rings. The molecule has 1 N–H and O–H groups in total. The zero-order chi connectivity index (χ0) is 12.8. The molecule has 100 valence electrons. The summed E-state index contributed by atoms with van der Waals surface area (Å²) in [4.78, 5) is 0. The van der Waals surface area contributed by atoms with Crippen molar-refractivity contribution in [3.63, 3.8) is 0 Å². The van der Waals surface area contributed by atoms with Crippen molar-refractivity contribution in [2.75, 3.05) is 32.9 Å². The van der Waals surface area contributed by atoms with Crippen LogP contribution in [0.4, 0.5) is 0 Å². The standard InChI is InChI=1S/C14H20BrNO2/c1-11-2-3-14(13(15)8-11)18-7-5-16-9-12-4-6-17-10-12/h2-3,8,12,16H,4-7,9-10H2,1H3. The summed E-state index contributed by atoms with van der Waals surface area (Å²) in [5.74, 6) is 1.59. The van der Waals surface area contributed by atoms with Gasteiger partial charge < -0.3 is 14.8 Å². The fraction of sp³-hybridized carbons (Fsp3) is 0.571. The largest absolute Gasteiger partial charge is 0.491 e. The second-order valence-corrected chi connectivity index (χ2v) is 5.57. The molecule has 2 rings (SSSR count). The van der Waals surface area contributed by atoms with Crippen molar-refractivity contribution in [1.29, 1.82) is 0 Å². The van der Waals surface area contributed by atoms with Crippen LogP contribution in [0.1, 0.15) is 12.0 Å². The lowest BCUT2D eigenvalue weighted by atomic mass is 10.1. The van der Waals surface area contributed by atoms with Gasteiger partial charge in [-0.15, -0.1) is 0 Å². The Bertz CT molecular complexity index is 378. The average molecular weight is 314 g/mol. The summed E-state index contributed by atoms with van der Waals surface area (Å²) in [7, 11) is 0. The van der Waals surface area contributed by atoms with E-state index in [0.29, 0.717) is 12.5 Å². The lowest BCUT2D eigenvalue weighted by Crippen LogP contribution is -2.27. The molecular weight excluding hydrogens is 294 g/mol. The molecule has 0 aromatic heterocycles. The van der Waals surface area contributed by atoms with E-state index in [1.165, 1.54) is 12.0 Å². The Morgan fingerprint density at radius 1 is 1.50 bits per heavy atom. The molecule has 4 heteroatoms. The second kappa shape index (κ2) is 7.12. The molecule has 0 radical (unpaired) electrons. The molecule has 1 atom stereocenters. The molecule has 1 aliphatic heterocycles. The minimum Gasteiger partial charge on any atom is -0.491 e. The van der Waals surface area contributed by atoms with Crippen LogP contribution in [0, 0.1) is 12.8 Å². The maximum absolute atomic E-state index is 5.72. The highest BCUT2D eigenvalue weighted by atomic mass is 79.9. The third kappa shape index (κ3) is 4.26. The minimum absolute atomic E-state index is 0.677. The molecule has 0 saturated carbocycles. The van der Waals surface area contributed by atoms with Crippen LogP contribution in [0.2, 0.25) is 0 Å². The number of hydrogen-bond donors (Lipinski definition) is 1. The molecular formula is C14H20BrNO2. The number of nitrogens with one attached hydrogen (secondary N) is 1. The average Bonchev–Trinajstić information content (AvgIpc) is 2.84. The van der Waals surface area contributed by atoms with Crippen LogP contribution in [0.25, 0.3) is 0 Å². The molecule has 3 nitrogen and oxygen atoms in total. The van der Waals surface area contributed by atoms with Crippen LogP contribution >= 0.6 is 15.9 Å². The summed E-state index contributed by atoms with van der Waals surface area (Å²) in [5.41, 5.74) is 1.23. The third-order valence-electron chi connectivity index (χ3n) is 3.08. The van der Waals surface area contributed by atoms with Crippen LogP contribution in [0.5, 0.6) is 5.75 Å². The molecule has 1 aromatic rings. The summed E-state index contributed by atoms with van der Waals surface area (Å²) in [6.45, 7) is 6.47. The summed E-state index contributed by atoms with van der Waals surface area (Å²) in [6, 6.07) is 6.13. The molecule has 1 unspecified atom stereocenters. The predicted molar refractivity (Wildman–Crippen MR) is 76.2 cm³/mol. The van der Waals surface area contributed by atoms with Gasteiger partial charge >= 0.3 is 0 Å². The van der Waals surface area contributed by atoms with Crippen molar-refractivity contribution in [2.24, 2.45) is 5.92 Å². The number of rotatable bonds is 6. The summed E-state index contributed by atoms with van der Waals surface area (Å²) < 4.78 is 12.1. The molecule has 0 aliphatic carbocycles. The first-order valence-corrected chi connectivity index (χ1v) is 7.22. The molecule has 1 fully saturated rings. The van der Waals surface area contributed by atoms with Gasteiger partial charge in [0.2, 0.25) is 0 Å². The summed E-state index contributed by atoms with van der Waals surface area (Å²) >= 11 is 3.51. The van der Waals surface area contributed by atoms with E-state index in [9.17, 15) is 0 Å². The Hall–Kier alpha value is -0.580. The van der Waals surface area contributed by atoms with Gasteiger partial charge in [0.05, 0.1) is 11.1 Å². The van der Waals surface area contributed by atoms with E-state index >= 15 is 0 Å². The SMILES string of the molecule is Cc1ccc(OCCNCC2CCOC2)c(Br)c1. The Balaban J connectivity index is 1.62.